The summed E-state index contributed by atoms with van der Waals surface area (Å²) in [5.41, 5.74) is -2.43. The van der Waals surface area contributed by atoms with E-state index < -0.39 is 29.2 Å². The number of aliphatic carboxylic acids is 1. The first-order valence-corrected chi connectivity index (χ1v) is 9.69. The molecule has 0 radical (unpaired) electrons. The molecule has 3 rings (SSSR count). The number of fused-ring (bicyclic) bond motifs is 1. The average Bonchev–Trinajstić information content (AvgIpc) is 2.72. The molecule has 3 aromatic rings. The number of carboxylic acids is 1. The van der Waals surface area contributed by atoms with Crippen LogP contribution in [0.5, 0.6) is 5.75 Å². The fraction of sp³-hybridized carbons (Fsp3) is 0.227. The molecule has 0 saturated heterocycles. The zero-order chi connectivity index (χ0) is 23.7. The van der Waals surface area contributed by atoms with Gasteiger partial charge in [0.25, 0.3) is 5.91 Å². The Labute approximate surface area is 186 Å². The van der Waals surface area contributed by atoms with Gasteiger partial charge in [0, 0.05) is 33.8 Å². The van der Waals surface area contributed by atoms with Crippen LogP contribution in [0.15, 0.2) is 48.8 Å². The fourth-order valence-corrected chi connectivity index (χ4v) is 3.18. The van der Waals surface area contributed by atoms with Gasteiger partial charge in [0.05, 0.1) is 11.1 Å². The normalized spacial score (nSPS) is 11.9. The van der Waals surface area contributed by atoms with Crippen LogP contribution in [0.3, 0.4) is 0 Å². The molecular weight excluding hydrogens is 449 g/mol. The minimum absolute atomic E-state index is 0.0528. The van der Waals surface area contributed by atoms with Crippen molar-refractivity contribution in [3.8, 4) is 5.75 Å². The summed E-state index contributed by atoms with van der Waals surface area (Å²) in [5, 5.41) is 12.9. The number of carbonyl (C=O) groups is 2. The molecule has 10 heteroatoms. The number of hydrogen-bond donors (Lipinski definition) is 2. The summed E-state index contributed by atoms with van der Waals surface area (Å²) in [6.07, 6.45) is -2.64. The molecule has 1 heterocycles. The van der Waals surface area contributed by atoms with Gasteiger partial charge in [-0.15, -0.1) is 0 Å². The molecule has 0 atom stereocenters. The SMILES string of the molecule is CC(C)(NC(=O)c1cc(Cl)c2ccccc2c1OCc1cncc(C(F)(F)F)c1)C(=O)O. The average molecular weight is 467 g/mol. The summed E-state index contributed by atoms with van der Waals surface area (Å²) >= 11 is 6.31. The number of benzene rings is 2. The lowest BCUT2D eigenvalue weighted by atomic mass is 10.0. The van der Waals surface area contributed by atoms with Crippen LogP contribution in [0, 0.1) is 0 Å². The summed E-state index contributed by atoms with van der Waals surface area (Å²) < 4.78 is 44.7. The van der Waals surface area contributed by atoms with Crippen molar-refractivity contribution >= 4 is 34.2 Å². The van der Waals surface area contributed by atoms with Crippen LogP contribution in [0.25, 0.3) is 10.8 Å². The molecule has 0 unspecified atom stereocenters. The second-order valence-corrected chi connectivity index (χ2v) is 7.94. The maximum atomic E-state index is 13.0. The van der Waals surface area contributed by atoms with E-state index in [1.54, 1.807) is 24.3 Å². The van der Waals surface area contributed by atoms with E-state index in [0.717, 1.165) is 6.07 Å². The van der Waals surface area contributed by atoms with Gasteiger partial charge < -0.3 is 15.2 Å². The number of rotatable bonds is 6. The standard InChI is InChI=1S/C22H18ClF3N2O4/c1-21(2,20(30)31)28-19(29)16-8-17(23)14-5-3-4-6-15(14)18(16)32-11-12-7-13(10-27-9-12)22(24,25)26/h3-10H,11H2,1-2H3,(H,28,29)(H,30,31). The highest BCUT2D eigenvalue weighted by Crippen LogP contribution is 2.36. The van der Waals surface area contributed by atoms with Crippen molar-refractivity contribution in [1.29, 1.82) is 0 Å². The number of aromatic nitrogens is 1. The lowest BCUT2D eigenvalue weighted by molar-refractivity contribution is -0.143. The number of hydrogen-bond acceptors (Lipinski definition) is 4. The van der Waals surface area contributed by atoms with E-state index >= 15 is 0 Å². The van der Waals surface area contributed by atoms with Gasteiger partial charge in [-0.05, 0) is 26.0 Å². The number of nitrogens with zero attached hydrogens (tertiary/aromatic N) is 1. The predicted molar refractivity (Wildman–Crippen MR) is 112 cm³/mol. The van der Waals surface area contributed by atoms with Crippen molar-refractivity contribution in [2.75, 3.05) is 0 Å². The van der Waals surface area contributed by atoms with Crippen molar-refractivity contribution in [2.24, 2.45) is 0 Å². The molecule has 32 heavy (non-hydrogen) atoms. The first-order valence-electron chi connectivity index (χ1n) is 9.31. The highest BCUT2D eigenvalue weighted by Gasteiger charge is 2.32. The molecule has 0 aliphatic rings. The zero-order valence-corrected chi connectivity index (χ0v) is 17.7. The molecule has 0 aliphatic heterocycles. The summed E-state index contributed by atoms with van der Waals surface area (Å²) in [6, 6.07) is 8.97. The Kier molecular flexibility index (Phi) is 6.32. The Hall–Kier alpha value is -3.33. The lowest BCUT2D eigenvalue weighted by Crippen LogP contribution is -2.49. The molecular formula is C22H18ClF3N2O4. The van der Waals surface area contributed by atoms with Crippen molar-refractivity contribution in [3.05, 3.63) is 70.5 Å². The molecule has 0 bridgehead atoms. The number of alkyl halides is 3. The van der Waals surface area contributed by atoms with Crippen LogP contribution in [0.1, 0.15) is 35.3 Å². The Balaban J connectivity index is 2.03. The Bertz CT molecular complexity index is 1200. The predicted octanol–water partition coefficient (Wildman–Crippen LogP) is 5.08. The maximum Gasteiger partial charge on any atom is 0.417 e. The van der Waals surface area contributed by atoms with E-state index in [0.29, 0.717) is 17.0 Å². The van der Waals surface area contributed by atoms with Gasteiger partial charge in [0.15, 0.2) is 0 Å². The van der Waals surface area contributed by atoms with E-state index in [1.165, 1.54) is 26.1 Å². The van der Waals surface area contributed by atoms with Crippen LogP contribution in [0.4, 0.5) is 13.2 Å². The highest BCUT2D eigenvalue weighted by molar-refractivity contribution is 6.36. The summed E-state index contributed by atoms with van der Waals surface area (Å²) in [7, 11) is 0. The lowest BCUT2D eigenvalue weighted by Gasteiger charge is -2.22. The van der Waals surface area contributed by atoms with Gasteiger partial charge in [-0.2, -0.15) is 13.2 Å². The molecule has 0 spiro atoms. The molecule has 0 aliphatic carbocycles. The molecule has 1 aromatic heterocycles. The van der Waals surface area contributed by atoms with Gasteiger partial charge in [-0.1, -0.05) is 35.9 Å². The largest absolute Gasteiger partial charge is 0.487 e. The van der Waals surface area contributed by atoms with Gasteiger partial charge in [0.2, 0.25) is 0 Å². The molecule has 2 N–H and O–H groups in total. The van der Waals surface area contributed by atoms with Crippen LogP contribution >= 0.6 is 11.6 Å². The smallest absolute Gasteiger partial charge is 0.417 e. The van der Waals surface area contributed by atoms with E-state index in [1.807, 2.05) is 0 Å². The van der Waals surface area contributed by atoms with E-state index in [-0.39, 0.29) is 28.5 Å². The third-order valence-corrected chi connectivity index (χ3v) is 4.97. The fourth-order valence-electron chi connectivity index (χ4n) is 2.91. The van der Waals surface area contributed by atoms with Crippen LogP contribution in [-0.4, -0.2) is 27.5 Å². The van der Waals surface area contributed by atoms with Crippen molar-refractivity contribution in [3.63, 3.8) is 0 Å². The van der Waals surface area contributed by atoms with E-state index in [2.05, 4.69) is 10.3 Å². The van der Waals surface area contributed by atoms with Crippen LogP contribution in [0.2, 0.25) is 5.02 Å². The second kappa shape index (κ2) is 8.66. The van der Waals surface area contributed by atoms with E-state index in [4.69, 9.17) is 16.3 Å². The number of carbonyl (C=O) groups excluding carboxylic acids is 1. The van der Waals surface area contributed by atoms with Crippen molar-refractivity contribution in [2.45, 2.75) is 32.2 Å². The zero-order valence-electron chi connectivity index (χ0n) is 17.0. The first kappa shape index (κ1) is 23.3. The molecule has 168 valence electrons. The molecule has 1 amide bonds. The highest BCUT2D eigenvalue weighted by atomic mass is 35.5. The van der Waals surface area contributed by atoms with Gasteiger partial charge >= 0.3 is 12.1 Å². The summed E-state index contributed by atoms with van der Waals surface area (Å²) in [4.78, 5) is 27.9. The minimum atomic E-state index is -4.57. The topological polar surface area (TPSA) is 88.5 Å². The van der Waals surface area contributed by atoms with Crippen molar-refractivity contribution < 1.29 is 32.6 Å². The van der Waals surface area contributed by atoms with Gasteiger partial charge in [-0.25, -0.2) is 4.79 Å². The first-order chi connectivity index (χ1) is 14.9. The second-order valence-electron chi connectivity index (χ2n) is 7.53. The number of carboxylic acid groups (broad SMARTS) is 1. The Morgan fingerprint density at radius 3 is 2.41 bits per heavy atom. The molecule has 2 aromatic carbocycles. The number of halogens is 4. The maximum absolute atomic E-state index is 13.0. The number of pyridine rings is 1. The quantitative estimate of drug-likeness (QED) is 0.529. The van der Waals surface area contributed by atoms with Crippen LogP contribution < -0.4 is 10.1 Å². The van der Waals surface area contributed by atoms with Gasteiger partial charge in [-0.3, -0.25) is 9.78 Å². The van der Waals surface area contributed by atoms with Gasteiger partial charge in [0.1, 0.15) is 17.9 Å². The molecule has 0 fully saturated rings. The van der Waals surface area contributed by atoms with E-state index in [9.17, 15) is 27.9 Å². The Morgan fingerprint density at radius 1 is 1.12 bits per heavy atom. The number of nitrogens with one attached hydrogen (secondary N) is 1. The van der Waals surface area contributed by atoms with Crippen molar-refractivity contribution in [1.82, 2.24) is 10.3 Å². The number of amides is 1. The molecule has 6 nitrogen and oxygen atoms in total. The summed E-state index contributed by atoms with van der Waals surface area (Å²) in [6.45, 7) is 2.31. The monoisotopic (exact) mass is 466 g/mol. The minimum Gasteiger partial charge on any atom is -0.487 e. The third-order valence-electron chi connectivity index (χ3n) is 4.66. The summed E-state index contributed by atoms with van der Waals surface area (Å²) in [5.74, 6) is -1.96. The number of ether oxygens (including phenoxy) is 1. The van der Waals surface area contributed by atoms with Crippen LogP contribution in [-0.2, 0) is 17.6 Å². The third kappa shape index (κ3) is 4.94. The Morgan fingerprint density at radius 2 is 1.78 bits per heavy atom. The molecule has 0 saturated carbocycles.